The van der Waals surface area contributed by atoms with Crippen molar-refractivity contribution in [2.75, 3.05) is 6.54 Å². The van der Waals surface area contributed by atoms with Crippen molar-refractivity contribution in [2.45, 2.75) is 6.54 Å². The first kappa shape index (κ1) is 18.4. The van der Waals surface area contributed by atoms with Crippen molar-refractivity contribution in [3.8, 4) is 17.2 Å². The highest BCUT2D eigenvalue weighted by atomic mass is 16.2. The number of rotatable bonds is 5. The zero-order valence-corrected chi connectivity index (χ0v) is 15.8. The van der Waals surface area contributed by atoms with Gasteiger partial charge in [-0.25, -0.2) is 0 Å². The summed E-state index contributed by atoms with van der Waals surface area (Å²) in [6.45, 7) is 4.52. The molecule has 1 amide bonds. The van der Waals surface area contributed by atoms with Crippen molar-refractivity contribution in [2.24, 2.45) is 0 Å². The van der Waals surface area contributed by atoms with Gasteiger partial charge in [0.05, 0.1) is 11.6 Å². The monoisotopic (exact) mass is 378 g/mol. The van der Waals surface area contributed by atoms with Gasteiger partial charge < -0.3 is 4.90 Å². The highest BCUT2D eigenvalue weighted by Gasteiger charge is 2.27. The molecule has 3 aromatic rings. The fourth-order valence-corrected chi connectivity index (χ4v) is 3.62. The van der Waals surface area contributed by atoms with Crippen molar-refractivity contribution in [1.29, 1.82) is 5.26 Å². The number of hydrogen-bond donors (Lipinski definition) is 0. The van der Waals surface area contributed by atoms with Gasteiger partial charge in [0, 0.05) is 29.8 Å². The van der Waals surface area contributed by atoms with Crippen LogP contribution in [0.25, 0.3) is 11.1 Å². The van der Waals surface area contributed by atoms with E-state index in [9.17, 15) is 9.59 Å². The third-order valence-electron chi connectivity index (χ3n) is 5.07. The summed E-state index contributed by atoms with van der Waals surface area (Å²) < 4.78 is 0. The lowest BCUT2D eigenvalue weighted by atomic mass is 10.0. The average molecular weight is 378 g/mol. The Balaban J connectivity index is 1.63. The van der Waals surface area contributed by atoms with Crippen LogP contribution in [0.4, 0.5) is 0 Å². The molecule has 1 aliphatic rings. The van der Waals surface area contributed by atoms with E-state index in [0.717, 1.165) is 16.7 Å². The SMILES string of the molecule is C=CCN(Cc1ccc(C#N)cc1)C(=O)c1ccc2c(c1)C(=O)c1ccccc1-2. The van der Waals surface area contributed by atoms with Crippen molar-refractivity contribution in [3.63, 3.8) is 0 Å². The molecular formula is C25H18N2O2. The summed E-state index contributed by atoms with van der Waals surface area (Å²) >= 11 is 0. The second-order valence-corrected chi connectivity index (χ2v) is 6.92. The summed E-state index contributed by atoms with van der Waals surface area (Å²) in [4.78, 5) is 27.6. The van der Waals surface area contributed by atoms with Crippen LogP contribution in [0.2, 0.25) is 0 Å². The van der Waals surface area contributed by atoms with Gasteiger partial charge in [-0.2, -0.15) is 5.26 Å². The molecule has 3 aromatic carbocycles. The summed E-state index contributed by atoms with van der Waals surface area (Å²) in [7, 11) is 0. The van der Waals surface area contributed by atoms with Crippen LogP contribution in [0.15, 0.2) is 79.4 Å². The van der Waals surface area contributed by atoms with E-state index in [2.05, 4.69) is 12.6 Å². The van der Waals surface area contributed by atoms with Gasteiger partial charge in [-0.15, -0.1) is 6.58 Å². The molecule has 29 heavy (non-hydrogen) atoms. The van der Waals surface area contributed by atoms with Gasteiger partial charge in [0.15, 0.2) is 5.78 Å². The Morgan fingerprint density at radius 3 is 2.34 bits per heavy atom. The maximum absolute atomic E-state index is 13.2. The number of carbonyl (C=O) groups is 2. The van der Waals surface area contributed by atoms with Crippen molar-refractivity contribution >= 4 is 11.7 Å². The molecule has 1 aliphatic carbocycles. The van der Waals surface area contributed by atoms with E-state index >= 15 is 0 Å². The Hall–Kier alpha value is -3.97. The lowest BCUT2D eigenvalue weighted by Crippen LogP contribution is -2.30. The Morgan fingerprint density at radius 2 is 1.66 bits per heavy atom. The Labute approximate surface area is 169 Å². The van der Waals surface area contributed by atoms with Gasteiger partial charge in [0.1, 0.15) is 0 Å². The van der Waals surface area contributed by atoms with E-state index in [-0.39, 0.29) is 11.7 Å². The molecule has 0 N–H and O–H groups in total. The Kier molecular flexibility index (Phi) is 4.80. The van der Waals surface area contributed by atoms with Gasteiger partial charge in [0.25, 0.3) is 5.91 Å². The molecule has 4 heteroatoms. The summed E-state index contributed by atoms with van der Waals surface area (Å²) in [6.07, 6.45) is 1.68. The molecule has 0 aliphatic heterocycles. The van der Waals surface area contributed by atoms with Crippen LogP contribution < -0.4 is 0 Å². The number of nitrogens with zero attached hydrogens (tertiary/aromatic N) is 2. The maximum Gasteiger partial charge on any atom is 0.254 e. The standard InChI is InChI=1S/C25H18N2O2/c1-2-13-27(16-18-9-7-17(15-26)8-10-18)25(29)19-11-12-21-20-5-3-4-6-22(20)24(28)23(21)14-19/h2-12,14H,1,13,16H2. The maximum atomic E-state index is 13.2. The van der Waals surface area contributed by atoms with Gasteiger partial charge in [-0.05, 0) is 41.0 Å². The molecule has 0 unspecified atom stereocenters. The third kappa shape index (κ3) is 3.35. The predicted molar refractivity (Wildman–Crippen MR) is 111 cm³/mol. The molecule has 0 radical (unpaired) electrons. The van der Waals surface area contributed by atoms with Gasteiger partial charge in [0.2, 0.25) is 0 Å². The largest absolute Gasteiger partial charge is 0.331 e. The third-order valence-corrected chi connectivity index (χ3v) is 5.07. The number of benzene rings is 3. The fourth-order valence-electron chi connectivity index (χ4n) is 3.62. The number of amides is 1. The number of ketones is 1. The van der Waals surface area contributed by atoms with Crippen molar-refractivity contribution in [1.82, 2.24) is 4.90 Å². The molecule has 0 aromatic heterocycles. The van der Waals surface area contributed by atoms with Gasteiger partial charge in [-0.3, -0.25) is 9.59 Å². The van der Waals surface area contributed by atoms with E-state index in [4.69, 9.17) is 5.26 Å². The first-order valence-corrected chi connectivity index (χ1v) is 9.29. The molecule has 0 saturated carbocycles. The molecule has 0 atom stereocenters. The molecule has 0 spiro atoms. The summed E-state index contributed by atoms with van der Waals surface area (Å²) in [5.41, 5.74) is 4.98. The van der Waals surface area contributed by atoms with Crippen LogP contribution in [0.3, 0.4) is 0 Å². The highest BCUT2D eigenvalue weighted by Crippen LogP contribution is 2.36. The fraction of sp³-hybridized carbons (Fsp3) is 0.0800. The lowest BCUT2D eigenvalue weighted by Gasteiger charge is -2.22. The predicted octanol–water partition coefficient (Wildman–Crippen LogP) is 4.60. The van der Waals surface area contributed by atoms with Crippen LogP contribution in [0.1, 0.15) is 37.4 Å². The second-order valence-electron chi connectivity index (χ2n) is 6.92. The van der Waals surface area contributed by atoms with Crippen LogP contribution in [0, 0.1) is 11.3 Å². The number of hydrogen-bond acceptors (Lipinski definition) is 3. The average Bonchev–Trinajstić information content (AvgIpc) is 3.05. The minimum Gasteiger partial charge on any atom is -0.331 e. The van der Waals surface area contributed by atoms with E-state index in [1.807, 2.05) is 42.5 Å². The zero-order chi connectivity index (χ0) is 20.4. The molecule has 4 rings (SSSR count). The van der Waals surface area contributed by atoms with E-state index in [1.54, 1.807) is 35.2 Å². The summed E-state index contributed by atoms with van der Waals surface area (Å²) in [5, 5.41) is 8.94. The minimum atomic E-state index is -0.166. The Morgan fingerprint density at radius 1 is 0.966 bits per heavy atom. The van der Waals surface area contributed by atoms with Crippen LogP contribution >= 0.6 is 0 Å². The van der Waals surface area contributed by atoms with Crippen molar-refractivity contribution < 1.29 is 9.59 Å². The van der Waals surface area contributed by atoms with Crippen molar-refractivity contribution in [3.05, 3.63) is 107 Å². The van der Waals surface area contributed by atoms with E-state index < -0.39 is 0 Å². The van der Waals surface area contributed by atoms with Crippen LogP contribution in [-0.2, 0) is 6.54 Å². The number of nitriles is 1. The summed E-state index contributed by atoms with van der Waals surface area (Å²) in [5.74, 6) is -0.214. The topological polar surface area (TPSA) is 61.2 Å². The van der Waals surface area contributed by atoms with Gasteiger partial charge >= 0.3 is 0 Å². The molecule has 0 saturated heterocycles. The lowest BCUT2D eigenvalue weighted by molar-refractivity contribution is 0.0762. The van der Waals surface area contributed by atoms with E-state index in [0.29, 0.717) is 35.3 Å². The first-order chi connectivity index (χ1) is 14.1. The molecular weight excluding hydrogens is 360 g/mol. The second kappa shape index (κ2) is 7.57. The molecule has 4 nitrogen and oxygen atoms in total. The van der Waals surface area contributed by atoms with Crippen LogP contribution in [0.5, 0.6) is 0 Å². The van der Waals surface area contributed by atoms with E-state index in [1.165, 1.54) is 0 Å². The zero-order valence-electron chi connectivity index (χ0n) is 15.8. The smallest absolute Gasteiger partial charge is 0.254 e. The molecule has 0 heterocycles. The highest BCUT2D eigenvalue weighted by molar-refractivity contribution is 6.22. The number of carbonyl (C=O) groups excluding carboxylic acids is 2. The summed E-state index contributed by atoms with van der Waals surface area (Å²) in [6, 6.07) is 22.0. The molecule has 140 valence electrons. The number of fused-ring (bicyclic) bond motifs is 3. The quantitative estimate of drug-likeness (QED) is 0.477. The van der Waals surface area contributed by atoms with Gasteiger partial charge in [-0.1, -0.05) is 48.5 Å². The Bertz CT molecular complexity index is 1170. The normalized spacial score (nSPS) is 11.3. The first-order valence-electron chi connectivity index (χ1n) is 9.29. The molecule has 0 bridgehead atoms. The minimum absolute atomic E-state index is 0.0485. The van der Waals surface area contributed by atoms with Crippen LogP contribution in [-0.4, -0.2) is 23.1 Å². The molecule has 0 fully saturated rings.